The second-order valence-corrected chi connectivity index (χ2v) is 5.90. The number of anilines is 1. The van der Waals surface area contributed by atoms with Gasteiger partial charge in [-0.1, -0.05) is 0 Å². The number of nitro benzene ring substituents is 1. The summed E-state index contributed by atoms with van der Waals surface area (Å²) in [5.41, 5.74) is 0.0702. The fraction of sp³-hybridized carbons (Fsp3) is 0.462. The summed E-state index contributed by atoms with van der Waals surface area (Å²) in [6, 6.07) is 3.91. The molecule has 2 N–H and O–H groups in total. The highest BCUT2D eigenvalue weighted by molar-refractivity contribution is 7.99. The molecule has 0 aromatic heterocycles. The first-order chi connectivity index (χ1) is 10.1. The third-order valence-electron chi connectivity index (χ3n) is 3.29. The van der Waals surface area contributed by atoms with Crippen molar-refractivity contribution in [3.05, 3.63) is 33.9 Å². The number of carboxylic acid groups (broad SMARTS) is 1. The van der Waals surface area contributed by atoms with E-state index in [1.54, 1.807) is 0 Å². The maximum atomic E-state index is 11.0. The number of thioether (sulfide) groups is 1. The lowest BCUT2D eigenvalue weighted by Crippen LogP contribution is -2.36. The molecule has 1 aliphatic heterocycles. The Morgan fingerprint density at radius 3 is 2.76 bits per heavy atom. The zero-order chi connectivity index (χ0) is 15.2. The number of carbonyl (C=O) groups is 1. The van der Waals surface area contributed by atoms with Crippen molar-refractivity contribution in [1.29, 1.82) is 0 Å². The van der Waals surface area contributed by atoms with Crippen molar-refractivity contribution < 1.29 is 14.8 Å². The Kier molecular flexibility index (Phi) is 5.40. The molecule has 0 aliphatic carbocycles. The lowest BCUT2D eigenvalue weighted by Gasteiger charge is -2.26. The topological polar surface area (TPSA) is 95.7 Å². The van der Waals surface area contributed by atoms with Crippen LogP contribution in [0.5, 0.6) is 0 Å². The number of hydrogen-bond donors (Lipinski definition) is 2. The molecule has 21 heavy (non-hydrogen) atoms. The average Bonchev–Trinajstić information content (AvgIpc) is 2.48. The molecule has 1 saturated heterocycles. The SMILES string of the molecule is O=C(O)c1ccc(NCCN2CCSCC2)c([N+](=O)[O-])c1. The van der Waals surface area contributed by atoms with E-state index in [1.807, 2.05) is 11.8 Å². The Hall–Kier alpha value is -1.80. The lowest BCUT2D eigenvalue weighted by molar-refractivity contribution is -0.384. The smallest absolute Gasteiger partial charge is 0.335 e. The molecule has 8 heteroatoms. The zero-order valence-electron chi connectivity index (χ0n) is 11.4. The highest BCUT2D eigenvalue weighted by atomic mass is 32.2. The van der Waals surface area contributed by atoms with Crippen molar-refractivity contribution in [1.82, 2.24) is 4.90 Å². The van der Waals surface area contributed by atoms with Gasteiger partial charge in [-0.25, -0.2) is 4.79 Å². The molecule has 1 heterocycles. The van der Waals surface area contributed by atoms with Gasteiger partial charge in [-0.2, -0.15) is 11.8 Å². The average molecular weight is 311 g/mol. The third-order valence-corrected chi connectivity index (χ3v) is 4.23. The van der Waals surface area contributed by atoms with Gasteiger partial charge in [0, 0.05) is 43.8 Å². The molecule has 2 rings (SSSR count). The van der Waals surface area contributed by atoms with E-state index in [0.29, 0.717) is 12.2 Å². The monoisotopic (exact) mass is 311 g/mol. The van der Waals surface area contributed by atoms with Crippen molar-refractivity contribution in [3.63, 3.8) is 0 Å². The molecular weight excluding hydrogens is 294 g/mol. The van der Waals surface area contributed by atoms with Gasteiger partial charge in [0.25, 0.3) is 5.69 Å². The summed E-state index contributed by atoms with van der Waals surface area (Å²) in [6.45, 7) is 3.48. The molecule has 0 radical (unpaired) electrons. The van der Waals surface area contributed by atoms with Gasteiger partial charge in [0.1, 0.15) is 5.69 Å². The fourth-order valence-electron chi connectivity index (χ4n) is 2.14. The molecule has 0 amide bonds. The lowest BCUT2D eigenvalue weighted by atomic mass is 10.1. The molecule has 1 fully saturated rings. The third kappa shape index (κ3) is 4.33. The molecule has 114 valence electrons. The van der Waals surface area contributed by atoms with Crippen LogP contribution in [0.2, 0.25) is 0 Å². The first-order valence-electron chi connectivity index (χ1n) is 6.63. The predicted molar refractivity (Wildman–Crippen MR) is 82.3 cm³/mol. The summed E-state index contributed by atoms with van der Waals surface area (Å²) >= 11 is 1.93. The maximum Gasteiger partial charge on any atom is 0.335 e. The molecule has 0 unspecified atom stereocenters. The molecule has 0 spiro atoms. The van der Waals surface area contributed by atoms with Gasteiger partial charge < -0.3 is 10.4 Å². The minimum absolute atomic E-state index is 0.0831. The summed E-state index contributed by atoms with van der Waals surface area (Å²) in [7, 11) is 0. The van der Waals surface area contributed by atoms with Crippen LogP contribution in [0, 0.1) is 10.1 Å². The van der Waals surface area contributed by atoms with Gasteiger partial charge in [-0.05, 0) is 12.1 Å². The van der Waals surface area contributed by atoms with Crippen molar-refractivity contribution in [2.24, 2.45) is 0 Å². The minimum Gasteiger partial charge on any atom is -0.478 e. The van der Waals surface area contributed by atoms with Crippen molar-refractivity contribution in [2.45, 2.75) is 0 Å². The molecule has 7 nitrogen and oxygen atoms in total. The molecule has 1 aromatic rings. The molecular formula is C13H17N3O4S. The van der Waals surface area contributed by atoms with E-state index in [0.717, 1.165) is 37.2 Å². The van der Waals surface area contributed by atoms with Crippen molar-refractivity contribution in [2.75, 3.05) is 43.0 Å². The van der Waals surface area contributed by atoms with Crippen LogP contribution < -0.4 is 5.32 Å². The van der Waals surface area contributed by atoms with Crippen molar-refractivity contribution >= 4 is 29.1 Å². The molecule has 1 aliphatic rings. The van der Waals surface area contributed by atoms with Gasteiger partial charge in [-0.3, -0.25) is 15.0 Å². The highest BCUT2D eigenvalue weighted by Crippen LogP contribution is 2.25. The van der Waals surface area contributed by atoms with Crippen LogP contribution in [-0.2, 0) is 0 Å². The number of hydrogen-bond acceptors (Lipinski definition) is 6. The van der Waals surface area contributed by atoms with Crippen LogP contribution in [-0.4, -0.2) is 58.6 Å². The fourth-order valence-corrected chi connectivity index (χ4v) is 3.12. The zero-order valence-corrected chi connectivity index (χ0v) is 12.3. The van der Waals surface area contributed by atoms with Crippen LogP contribution in [0.1, 0.15) is 10.4 Å². The highest BCUT2D eigenvalue weighted by Gasteiger charge is 2.17. The maximum absolute atomic E-state index is 11.0. The van der Waals surface area contributed by atoms with E-state index in [1.165, 1.54) is 12.1 Å². The molecule has 1 aromatic carbocycles. The van der Waals surface area contributed by atoms with Crippen molar-refractivity contribution in [3.8, 4) is 0 Å². The van der Waals surface area contributed by atoms with Crippen LogP contribution in [0.3, 0.4) is 0 Å². The quantitative estimate of drug-likeness (QED) is 0.610. The van der Waals surface area contributed by atoms with Crippen LogP contribution in [0.4, 0.5) is 11.4 Å². The number of nitrogens with zero attached hydrogens (tertiary/aromatic N) is 2. The summed E-state index contributed by atoms with van der Waals surface area (Å²) in [5, 5.41) is 22.9. The van der Waals surface area contributed by atoms with Gasteiger partial charge in [-0.15, -0.1) is 0 Å². The molecule has 0 atom stereocenters. The number of nitro groups is 1. The summed E-state index contributed by atoms with van der Waals surface area (Å²) < 4.78 is 0. The van der Waals surface area contributed by atoms with E-state index in [9.17, 15) is 14.9 Å². The standard InChI is InChI=1S/C13H17N3O4S/c17-13(18)10-1-2-11(12(9-10)16(19)20)14-3-4-15-5-7-21-8-6-15/h1-2,9,14H,3-8H2,(H,17,18). The number of carboxylic acids is 1. The summed E-state index contributed by atoms with van der Waals surface area (Å²) in [4.78, 5) is 23.6. The second kappa shape index (κ2) is 7.28. The summed E-state index contributed by atoms with van der Waals surface area (Å²) in [6.07, 6.45) is 0. The number of rotatable bonds is 6. The number of nitrogens with one attached hydrogen (secondary N) is 1. The van der Waals surface area contributed by atoms with Crippen LogP contribution in [0.25, 0.3) is 0 Å². The Labute approximate surface area is 126 Å². The second-order valence-electron chi connectivity index (χ2n) is 4.67. The molecule has 0 saturated carbocycles. The minimum atomic E-state index is -1.17. The normalized spacial score (nSPS) is 15.6. The van der Waals surface area contributed by atoms with Gasteiger partial charge in [0.05, 0.1) is 10.5 Å². The van der Waals surface area contributed by atoms with Crippen LogP contribution in [0.15, 0.2) is 18.2 Å². The predicted octanol–water partition coefficient (Wildman–Crippen LogP) is 1.75. The van der Waals surface area contributed by atoms with E-state index >= 15 is 0 Å². The van der Waals surface area contributed by atoms with Crippen LogP contribution >= 0.6 is 11.8 Å². The van der Waals surface area contributed by atoms with E-state index < -0.39 is 10.9 Å². The number of aromatic carboxylic acids is 1. The largest absolute Gasteiger partial charge is 0.478 e. The first-order valence-corrected chi connectivity index (χ1v) is 7.79. The number of benzene rings is 1. The Morgan fingerprint density at radius 2 is 2.14 bits per heavy atom. The van der Waals surface area contributed by atoms with E-state index in [-0.39, 0.29) is 11.3 Å². The van der Waals surface area contributed by atoms with Gasteiger partial charge in [0.2, 0.25) is 0 Å². The molecule has 0 bridgehead atoms. The van der Waals surface area contributed by atoms with E-state index in [2.05, 4.69) is 10.2 Å². The summed E-state index contributed by atoms with van der Waals surface area (Å²) in [5.74, 6) is 1.07. The Morgan fingerprint density at radius 1 is 1.43 bits per heavy atom. The van der Waals surface area contributed by atoms with Gasteiger partial charge >= 0.3 is 5.97 Å². The van der Waals surface area contributed by atoms with E-state index in [4.69, 9.17) is 5.11 Å². The van der Waals surface area contributed by atoms with Gasteiger partial charge in [0.15, 0.2) is 0 Å². The first kappa shape index (κ1) is 15.6. The Balaban J connectivity index is 1.98. The Bertz CT molecular complexity index is 532.